The Kier molecular flexibility index (Phi) is 6.01. The monoisotopic (exact) mass is 367 g/mol. The summed E-state index contributed by atoms with van der Waals surface area (Å²) in [4.78, 5) is 38.4. The number of amides is 2. The maximum atomic E-state index is 12.6. The molecule has 2 aromatic rings. The average molecular weight is 367 g/mol. The van der Waals surface area contributed by atoms with Crippen LogP contribution in [0, 0.1) is 0 Å². The fourth-order valence-corrected chi connectivity index (χ4v) is 3.14. The quantitative estimate of drug-likeness (QED) is 0.806. The Labute approximate surface area is 159 Å². The van der Waals surface area contributed by atoms with Crippen LogP contribution < -0.4 is 4.90 Å². The van der Waals surface area contributed by atoms with Gasteiger partial charge in [0.1, 0.15) is 11.5 Å². The molecule has 142 valence electrons. The van der Waals surface area contributed by atoms with Gasteiger partial charge in [-0.2, -0.15) is 0 Å². The van der Waals surface area contributed by atoms with E-state index < -0.39 is 0 Å². The third-order valence-corrected chi connectivity index (χ3v) is 4.79. The summed E-state index contributed by atoms with van der Waals surface area (Å²) in [5, 5.41) is 0. The van der Waals surface area contributed by atoms with E-state index in [0.717, 1.165) is 18.9 Å². The van der Waals surface area contributed by atoms with Gasteiger partial charge in [0.05, 0.1) is 12.4 Å². The SMILES string of the molecule is CCN(Cc1ccccc1)c1cnc(C(=O)N2CCN(C(C)=O)CC2)cn1. The van der Waals surface area contributed by atoms with Crippen LogP contribution in [0.25, 0.3) is 0 Å². The Hall–Kier alpha value is -2.96. The van der Waals surface area contributed by atoms with Crippen LogP contribution in [0.5, 0.6) is 0 Å². The Morgan fingerprint density at radius 1 is 1.00 bits per heavy atom. The second-order valence-electron chi connectivity index (χ2n) is 6.56. The van der Waals surface area contributed by atoms with Gasteiger partial charge in [-0.3, -0.25) is 9.59 Å². The molecule has 0 bridgehead atoms. The van der Waals surface area contributed by atoms with Gasteiger partial charge in [0, 0.05) is 46.2 Å². The van der Waals surface area contributed by atoms with Gasteiger partial charge < -0.3 is 14.7 Å². The van der Waals surface area contributed by atoms with E-state index in [1.807, 2.05) is 18.2 Å². The first kappa shape index (κ1) is 18.8. The fraction of sp³-hybridized carbons (Fsp3) is 0.400. The second-order valence-corrected chi connectivity index (χ2v) is 6.56. The zero-order valence-corrected chi connectivity index (χ0v) is 15.8. The molecule has 0 spiro atoms. The number of benzene rings is 1. The van der Waals surface area contributed by atoms with Gasteiger partial charge in [0.15, 0.2) is 0 Å². The molecule has 7 nitrogen and oxygen atoms in total. The van der Waals surface area contributed by atoms with Crippen molar-refractivity contribution in [3.63, 3.8) is 0 Å². The highest BCUT2D eigenvalue weighted by Gasteiger charge is 2.24. The van der Waals surface area contributed by atoms with Gasteiger partial charge in [-0.1, -0.05) is 30.3 Å². The molecule has 1 aliphatic rings. The van der Waals surface area contributed by atoms with Gasteiger partial charge in [-0.25, -0.2) is 9.97 Å². The largest absolute Gasteiger partial charge is 0.351 e. The Morgan fingerprint density at radius 3 is 2.22 bits per heavy atom. The molecule has 0 saturated carbocycles. The van der Waals surface area contributed by atoms with Crippen LogP contribution in [0.2, 0.25) is 0 Å². The molecular weight excluding hydrogens is 342 g/mol. The van der Waals surface area contributed by atoms with E-state index >= 15 is 0 Å². The summed E-state index contributed by atoms with van der Waals surface area (Å²) in [7, 11) is 0. The van der Waals surface area contributed by atoms with Crippen molar-refractivity contribution in [1.82, 2.24) is 19.8 Å². The number of hydrogen-bond acceptors (Lipinski definition) is 5. The number of carbonyl (C=O) groups excluding carboxylic acids is 2. The molecule has 0 N–H and O–H groups in total. The highest BCUT2D eigenvalue weighted by atomic mass is 16.2. The molecule has 1 aromatic heterocycles. The molecule has 1 fully saturated rings. The molecule has 27 heavy (non-hydrogen) atoms. The van der Waals surface area contributed by atoms with Crippen LogP contribution in [0.15, 0.2) is 42.7 Å². The minimum absolute atomic E-state index is 0.0457. The highest BCUT2D eigenvalue weighted by molar-refractivity contribution is 5.92. The topological polar surface area (TPSA) is 69.6 Å². The average Bonchev–Trinajstić information content (AvgIpc) is 2.72. The van der Waals surface area contributed by atoms with Crippen LogP contribution in [-0.2, 0) is 11.3 Å². The summed E-state index contributed by atoms with van der Waals surface area (Å²) in [5.74, 6) is 0.659. The summed E-state index contributed by atoms with van der Waals surface area (Å²) >= 11 is 0. The molecule has 1 aliphatic heterocycles. The van der Waals surface area contributed by atoms with Gasteiger partial charge in [-0.05, 0) is 12.5 Å². The van der Waals surface area contributed by atoms with Crippen LogP contribution in [0.4, 0.5) is 5.82 Å². The minimum atomic E-state index is -0.136. The Morgan fingerprint density at radius 2 is 1.67 bits per heavy atom. The maximum absolute atomic E-state index is 12.6. The second kappa shape index (κ2) is 8.62. The molecule has 1 aromatic carbocycles. The number of aromatic nitrogens is 2. The number of piperazine rings is 1. The van der Waals surface area contributed by atoms with Gasteiger partial charge in [-0.15, -0.1) is 0 Å². The van der Waals surface area contributed by atoms with Crippen molar-refractivity contribution in [1.29, 1.82) is 0 Å². The van der Waals surface area contributed by atoms with E-state index in [9.17, 15) is 9.59 Å². The third kappa shape index (κ3) is 4.61. The van der Waals surface area contributed by atoms with Crippen molar-refractivity contribution in [3.8, 4) is 0 Å². The smallest absolute Gasteiger partial charge is 0.274 e. The summed E-state index contributed by atoms with van der Waals surface area (Å²) in [6.45, 7) is 7.33. The third-order valence-electron chi connectivity index (χ3n) is 4.79. The summed E-state index contributed by atoms with van der Waals surface area (Å²) in [5.41, 5.74) is 1.54. The van der Waals surface area contributed by atoms with Crippen molar-refractivity contribution >= 4 is 17.6 Å². The summed E-state index contributed by atoms with van der Waals surface area (Å²) < 4.78 is 0. The molecule has 2 heterocycles. The summed E-state index contributed by atoms with van der Waals surface area (Å²) in [6.07, 6.45) is 3.20. The Bertz CT molecular complexity index is 771. The normalized spacial score (nSPS) is 14.1. The number of nitrogens with zero attached hydrogens (tertiary/aromatic N) is 5. The maximum Gasteiger partial charge on any atom is 0.274 e. The molecular formula is C20H25N5O2. The first-order valence-electron chi connectivity index (χ1n) is 9.24. The van der Waals surface area contributed by atoms with E-state index in [0.29, 0.717) is 31.9 Å². The van der Waals surface area contributed by atoms with Crippen molar-refractivity contribution in [2.75, 3.05) is 37.6 Å². The molecule has 2 amide bonds. The van der Waals surface area contributed by atoms with E-state index in [1.54, 1.807) is 29.1 Å². The minimum Gasteiger partial charge on any atom is -0.351 e. The zero-order valence-electron chi connectivity index (χ0n) is 15.8. The predicted molar refractivity (Wildman–Crippen MR) is 103 cm³/mol. The van der Waals surface area contributed by atoms with Crippen molar-refractivity contribution in [2.45, 2.75) is 20.4 Å². The van der Waals surface area contributed by atoms with Crippen molar-refractivity contribution < 1.29 is 9.59 Å². The lowest BCUT2D eigenvalue weighted by Gasteiger charge is -2.34. The number of anilines is 1. The van der Waals surface area contributed by atoms with Crippen LogP contribution in [0.1, 0.15) is 29.9 Å². The fourth-order valence-electron chi connectivity index (χ4n) is 3.14. The number of carbonyl (C=O) groups is 2. The summed E-state index contributed by atoms with van der Waals surface area (Å²) in [6, 6.07) is 10.2. The first-order valence-corrected chi connectivity index (χ1v) is 9.24. The number of rotatable bonds is 5. The van der Waals surface area contributed by atoms with Crippen molar-refractivity contribution in [2.24, 2.45) is 0 Å². The highest BCUT2D eigenvalue weighted by Crippen LogP contribution is 2.14. The Balaban J connectivity index is 1.64. The molecule has 1 saturated heterocycles. The molecule has 7 heteroatoms. The van der Waals surface area contributed by atoms with Crippen LogP contribution in [-0.4, -0.2) is 64.3 Å². The van der Waals surface area contributed by atoms with Crippen LogP contribution in [0.3, 0.4) is 0 Å². The van der Waals surface area contributed by atoms with E-state index in [1.165, 1.54) is 5.56 Å². The standard InChI is InChI=1S/C20H25N5O2/c1-3-23(15-17-7-5-4-6-8-17)19-14-21-18(13-22-19)20(27)25-11-9-24(10-12-25)16(2)26/h4-8,13-14H,3,9-12,15H2,1-2H3. The lowest BCUT2D eigenvalue weighted by molar-refractivity contribution is -0.130. The van der Waals surface area contributed by atoms with Crippen LogP contribution >= 0.6 is 0 Å². The lowest BCUT2D eigenvalue weighted by atomic mass is 10.2. The van der Waals surface area contributed by atoms with E-state index in [-0.39, 0.29) is 11.8 Å². The van der Waals surface area contributed by atoms with E-state index in [2.05, 4.69) is 33.9 Å². The number of hydrogen-bond donors (Lipinski definition) is 0. The van der Waals surface area contributed by atoms with Gasteiger partial charge in [0.2, 0.25) is 5.91 Å². The molecule has 0 radical (unpaired) electrons. The predicted octanol–water partition coefficient (Wildman–Crippen LogP) is 1.81. The molecule has 0 unspecified atom stereocenters. The van der Waals surface area contributed by atoms with Gasteiger partial charge in [0.25, 0.3) is 5.91 Å². The lowest BCUT2D eigenvalue weighted by Crippen LogP contribution is -2.50. The van der Waals surface area contributed by atoms with Crippen molar-refractivity contribution in [3.05, 3.63) is 54.0 Å². The zero-order chi connectivity index (χ0) is 19.2. The van der Waals surface area contributed by atoms with E-state index in [4.69, 9.17) is 0 Å². The molecule has 0 aliphatic carbocycles. The molecule has 3 rings (SSSR count). The molecule has 0 atom stereocenters. The first-order chi connectivity index (χ1) is 13.1. The van der Waals surface area contributed by atoms with Gasteiger partial charge >= 0.3 is 0 Å².